The Morgan fingerprint density at radius 3 is 2.86 bits per heavy atom. The van der Waals surface area contributed by atoms with Gasteiger partial charge in [-0.15, -0.1) is 0 Å². The fourth-order valence-electron chi connectivity index (χ4n) is 2.10. The summed E-state index contributed by atoms with van der Waals surface area (Å²) < 4.78 is 11.2. The zero-order chi connectivity index (χ0) is 14.8. The molecule has 1 unspecified atom stereocenters. The Kier molecular flexibility index (Phi) is 3.30. The lowest BCUT2D eigenvalue weighted by atomic mass is 10.2. The van der Waals surface area contributed by atoms with E-state index in [1.165, 1.54) is 0 Å². The summed E-state index contributed by atoms with van der Waals surface area (Å²) in [6, 6.07) is 12.6. The quantitative estimate of drug-likeness (QED) is 0.793. The van der Waals surface area contributed by atoms with Crippen molar-refractivity contribution in [3.05, 3.63) is 53.9 Å². The second kappa shape index (κ2) is 5.27. The van der Waals surface area contributed by atoms with Crippen LogP contribution in [0.2, 0.25) is 0 Å². The number of nitriles is 1. The number of aromatic nitrogens is 1. The minimum atomic E-state index is -0.725. The fraction of sp³-hybridized carbons (Fsp3) is 0.125. The SMILES string of the molecule is CC(O)c1cccnc1Oc1c(C#N)oc2ccccc12. The van der Waals surface area contributed by atoms with Crippen LogP contribution in [0.15, 0.2) is 47.0 Å². The Labute approximate surface area is 121 Å². The van der Waals surface area contributed by atoms with Crippen molar-refractivity contribution < 1.29 is 14.3 Å². The van der Waals surface area contributed by atoms with E-state index in [1.54, 1.807) is 37.4 Å². The highest BCUT2D eigenvalue weighted by atomic mass is 16.5. The molecule has 1 N–H and O–H groups in total. The van der Waals surface area contributed by atoms with Gasteiger partial charge in [0.25, 0.3) is 0 Å². The standard InChI is InChI=1S/C16H12N2O3/c1-10(19)11-6-4-8-18-16(11)21-15-12-5-2-3-7-13(12)20-14(15)9-17/h2-8,10,19H,1H3. The minimum Gasteiger partial charge on any atom is -0.442 e. The molecule has 0 fully saturated rings. The lowest BCUT2D eigenvalue weighted by Gasteiger charge is -2.10. The Balaban J connectivity index is 2.13. The van der Waals surface area contributed by atoms with Crippen LogP contribution in [0.4, 0.5) is 0 Å². The molecule has 5 heteroatoms. The number of fused-ring (bicyclic) bond motifs is 1. The van der Waals surface area contributed by atoms with Gasteiger partial charge in [0.1, 0.15) is 11.7 Å². The molecule has 1 aromatic carbocycles. The highest BCUT2D eigenvalue weighted by molar-refractivity contribution is 5.86. The molecule has 0 aliphatic heterocycles. The summed E-state index contributed by atoms with van der Waals surface area (Å²) in [7, 11) is 0. The molecule has 0 aliphatic rings. The van der Waals surface area contributed by atoms with E-state index in [1.807, 2.05) is 18.2 Å². The van der Waals surface area contributed by atoms with Crippen LogP contribution in [0.5, 0.6) is 11.6 Å². The molecule has 0 saturated heterocycles. The number of aliphatic hydroxyl groups is 1. The van der Waals surface area contributed by atoms with Gasteiger partial charge < -0.3 is 14.3 Å². The molecule has 2 heterocycles. The molecule has 3 aromatic rings. The topological polar surface area (TPSA) is 79.3 Å². The maximum atomic E-state index is 9.76. The smallest absolute Gasteiger partial charge is 0.247 e. The van der Waals surface area contributed by atoms with Gasteiger partial charge in [-0.25, -0.2) is 4.98 Å². The number of aliphatic hydroxyl groups excluding tert-OH is 1. The zero-order valence-electron chi connectivity index (χ0n) is 11.3. The normalized spacial score (nSPS) is 12.0. The van der Waals surface area contributed by atoms with E-state index in [0.29, 0.717) is 22.3 Å². The van der Waals surface area contributed by atoms with Gasteiger partial charge in [0.2, 0.25) is 11.6 Å². The van der Waals surface area contributed by atoms with Crippen LogP contribution in [0.3, 0.4) is 0 Å². The Bertz CT molecular complexity index is 831. The summed E-state index contributed by atoms with van der Waals surface area (Å²) in [5.74, 6) is 0.655. The summed E-state index contributed by atoms with van der Waals surface area (Å²) in [6.45, 7) is 1.63. The molecule has 3 rings (SSSR count). The number of pyridine rings is 1. The maximum absolute atomic E-state index is 9.76. The van der Waals surface area contributed by atoms with Gasteiger partial charge in [0.05, 0.1) is 11.5 Å². The number of benzene rings is 1. The first-order chi connectivity index (χ1) is 10.2. The maximum Gasteiger partial charge on any atom is 0.247 e. The average Bonchev–Trinajstić information content (AvgIpc) is 2.86. The number of para-hydroxylation sites is 1. The second-order valence-electron chi connectivity index (χ2n) is 4.54. The van der Waals surface area contributed by atoms with Crippen molar-refractivity contribution in [3.8, 4) is 17.7 Å². The number of ether oxygens (including phenoxy) is 1. The molecule has 0 radical (unpaired) electrons. The molecule has 2 aromatic heterocycles. The van der Waals surface area contributed by atoms with E-state index in [-0.39, 0.29) is 11.6 Å². The van der Waals surface area contributed by atoms with Crippen LogP contribution in [-0.2, 0) is 0 Å². The third-order valence-corrected chi connectivity index (χ3v) is 3.10. The van der Waals surface area contributed by atoms with Crippen LogP contribution < -0.4 is 4.74 Å². The number of nitrogens with zero attached hydrogens (tertiary/aromatic N) is 2. The largest absolute Gasteiger partial charge is 0.442 e. The summed E-state index contributed by atoms with van der Waals surface area (Å²) in [5.41, 5.74) is 1.12. The first-order valence-electron chi connectivity index (χ1n) is 6.43. The number of rotatable bonds is 3. The highest BCUT2D eigenvalue weighted by Crippen LogP contribution is 2.37. The van der Waals surface area contributed by atoms with E-state index < -0.39 is 6.10 Å². The van der Waals surface area contributed by atoms with Crippen molar-refractivity contribution in [3.63, 3.8) is 0 Å². The molecule has 5 nitrogen and oxygen atoms in total. The van der Waals surface area contributed by atoms with Crippen molar-refractivity contribution in [2.75, 3.05) is 0 Å². The van der Waals surface area contributed by atoms with E-state index in [4.69, 9.17) is 9.15 Å². The summed E-state index contributed by atoms with van der Waals surface area (Å²) in [4.78, 5) is 4.12. The van der Waals surface area contributed by atoms with Crippen LogP contribution in [-0.4, -0.2) is 10.1 Å². The number of hydrogen-bond acceptors (Lipinski definition) is 5. The lowest BCUT2D eigenvalue weighted by molar-refractivity contribution is 0.194. The van der Waals surface area contributed by atoms with E-state index in [9.17, 15) is 10.4 Å². The van der Waals surface area contributed by atoms with E-state index in [0.717, 1.165) is 0 Å². The Hall–Kier alpha value is -2.84. The van der Waals surface area contributed by atoms with Gasteiger partial charge >= 0.3 is 0 Å². The number of furan rings is 1. The van der Waals surface area contributed by atoms with Crippen molar-refractivity contribution in [1.29, 1.82) is 5.26 Å². The molecule has 0 amide bonds. The fourth-order valence-corrected chi connectivity index (χ4v) is 2.10. The molecule has 0 saturated carbocycles. The van der Waals surface area contributed by atoms with Gasteiger partial charge in [0, 0.05) is 11.8 Å². The molecule has 1 atom stereocenters. The van der Waals surface area contributed by atoms with Crippen molar-refractivity contribution in [2.24, 2.45) is 0 Å². The second-order valence-corrected chi connectivity index (χ2v) is 4.54. The third kappa shape index (κ3) is 2.33. The molecule has 0 spiro atoms. The monoisotopic (exact) mass is 280 g/mol. The lowest BCUT2D eigenvalue weighted by Crippen LogP contribution is -1.98. The zero-order valence-corrected chi connectivity index (χ0v) is 11.3. The number of hydrogen-bond donors (Lipinski definition) is 1. The van der Waals surface area contributed by atoms with Crippen molar-refractivity contribution >= 4 is 11.0 Å². The van der Waals surface area contributed by atoms with Gasteiger partial charge in [-0.05, 0) is 31.2 Å². The first-order valence-corrected chi connectivity index (χ1v) is 6.43. The third-order valence-electron chi connectivity index (χ3n) is 3.10. The molecule has 0 aliphatic carbocycles. The van der Waals surface area contributed by atoms with Crippen LogP contribution in [0, 0.1) is 11.3 Å². The van der Waals surface area contributed by atoms with Gasteiger partial charge in [0.15, 0.2) is 5.75 Å². The molecule has 21 heavy (non-hydrogen) atoms. The highest BCUT2D eigenvalue weighted by Gasteiger charge is 2.19. The van der Waals surface area contributed by atoms with Crippen molar-refractivity contribution in [2.45, 2.75) is 13.0 Å². The van der Waals surface area contributed by atoms with Gasteiger partial charge in [-0.3, -0.25) is 0 Å². The average molecular weight is 280 g/mol. The Morgan fingerprint density at radius 2 is 2.10 bits per heavy atom. The molecule has 0 bridgehead atoms. The Morgan fingerprint density at radius 1 is 1.29 bits per heavy atom. The van der Waals surface area contributed by atoms with E-state index in [2.05, 4.69) is 4.98 Å². The van der Waals surface area contributed by atoms with Crippen molar-refractivity contribution in [1.82, 2.24) is 4.98 Å². The van der Waals surface area contributed by atoms with E-state index >= 15 is 0 Å². The van der Waals surface area contributed by atoms with Gasteiger partial charge in [-0.2, -0.15) is 5.26 Å². The molecule has 104 valence electrons. The van der Waals surface area contributed by atoms with Crippen LogP contribution in [0.1, 0.15) is 24.4 Å². The summed E-state index contributed by atoms with van der Waals surface area (Å²) >= 11 is 0. The van der Waals surface area contributed by atoms with Crippen LogP contribution in [0.25, 0.3) is 11.0 Å². The van der Waals surface area contributed by atoms with Gasteiger partial charge in [-0.1, -0.05) is 12.1 Å². The summed E-state index contributed by atoms with van der Waals surface area (Å²) in [5, 5.41) is 19.6. The molecular weight excluding hydrogens is 268 g/mol. The molecular formula is C16H12N2O3. The predicted octanol–water partition coefficient (Wildman–Crippen LogP) is 3.55. The predicted molar refractivity (Wildman–Crippen MR) is 75.9 cm³/mol. The first kappa shape index (κ1) is 13.2. The summed E-state index contributed by atoms with van der Waals surface area (Å²) in [6.07, 6.45) is 0.840. The minimum absolute atomic E-state index is 0.0818. The van der Waals surface area contributed by atoms with Crippen LogP contribution >= 0.6 is 0 Å².